The fourth-order valence-electron chi connectivity index (χ4n) is 3.20. The summed E-state index contributed by atoms with van der Waals surface area (Å²) in [7, 11) is -3.35. The molecule has 0 fully saturated rings. The van der Waals surface area contributed by atoms with Gasteiger partial charge in [-0.05, 0) is 50.2 Å². The predicted octanol–water partition coefficient (Wildman–Crippen LogP) is 3.03. The second-order valence-electron chi connectivity index (χ2n) is 6.96. The van der Waals surface area contributed by atoms with Gasteiger partial charge in [-0.15, -0.1) is 0 Å². The Bertz CT molecular complexity index is 762. The number of sulfonamides is 1. The maximum atomic E-state index is 13.5. The Balaban J connectivity index is 1.75. The van der Waals surface area contributed by atoms with Crippen molar-refractivity contribution in [1.82, 2.24) is 9.62 Å². The highest BCUT2D eigenvalue weighted by atomic mass is 32.2. The molecule has 0 atom stereocenters. The number of carbonyl (C=O) groups excluding carboxylic acids is 1. The van der Waals surface area contributed by atoms with E-state index in [0.717, 1.165) is 25.7 Å². The monoisotopic (exact) mass is 396 g/mol. The van der Waals surface area contributed by atoms with Gasteiger partial charge in [-0.3, -0.25) is 4.79 Å². The third-order valence-electron chi connectivity index (χ3n) is 4.80. The highest BCUT2D eigenvalue weighted by Gasteiger charge is 2.18. The van der Waals surface area contributed by atoms with Gasteiger partial charge < -0.3 is 5.32 Å². The zero-order valence-electron chi connectivity index (χ0n) is 15.9. The van der Waals surface area contributed by atoms with Gasteiger partial charge in [0.15, 0.2) is 0 Å². The molecular weight excluding hydrogens is 367 g/mol. The van der Waals surface area contributed by atoms with Crippen molar-refractivity contribution < 1.29 is 17.6 Å². The molecule has 0 heterocycles. The van der Waals surface area contributed by atoms with Crippen molar-refractivity contribution in [3.05, 3.63) is 47.3 Å². The van der Waals surface area contributed by atoms with E-state index in [9.17, 15) is 17.6 Å². The van der Waals surface area contributed by atoms with Crippen LogP contribution in [0.15, 0.2) is 35.9 Å². The molecule has 1 aromatic carbocycles. The summed E-state index contributed by atoms with van der Waals surface area (Å²) in [6.07, 6.45) is 9.08. The van der Waals surface area contributed by atoms with Gasteiger partial charge in [0.05, 0.1) is 6.26 Å². The van der Waals surface area contributed by atoms with Crippen LogP contribution in [0.4, 0.5) is 4.39 Å². The lowest BCUT2D eigenvalue weighted by molar-refractivity contribution is -0.121. The average Bonchev–Trinajstić information content (AvgIpc) is 2.63. The third-order valence-corrected chi connectivity index (χ3v) is 6.10. The van der Waals surface area contributed by atoms with E-state index in [-0.39, 0.29) is 24.7 Å². The summed E-state index contributed by atoms with van der Waals surface area (Å²) >= 11 is 0. The molecule has 0 spiro atoms. The van der Waals surface area contributed by atoms with Gasteiger partial charge in [0.1, 0.15) is 5.82 Å². The molecule has 1 aromatic rings. The van der Waals surface area contributed by atoms with Crippen LogP contribution in [-0.4, -0.2) is 44.5 Å². The highest BCUT2D eigenvalue weighted by molar-refractivity contribution is 7.88. The van der Waals surface area contributed by atoms with E-state index in [1.165, 1.54) is 28.6 Å². The number of nitrogens with zero attached hydrogens (tertiary/aromatic N) is 1. The number of allylic oxidation sites excluding steroid dienone is 1. The lowest BCUT2D eigenvalue weighted by atomic mass is 9.97. The molecule has 0 bridgehead atoms. The van der Waals surface area contributed by atoms with E-state index in [1.54, 1.807) is 18.2 Å². The molecule has 1 amide bonds. The summed E-state index contributed by atoms with van der Waals surface area (Å²) in [5.41, 5.74) is 1.86. The van der Waals surface area contributed by atoms with Crippen molar-refractivity contribution in [3.8, 4) is 0 Å². The zero-order chi connectivity index (χ0) is 19.7. The summed E-state index contributed by atoms with van der Waals surface area (Å²) in [6, 6.07) is 6.46. The van der Waals surface area contributed by atoms with Gasteiger partial charge in [0.25, 0.3) is 0 Å². The Kier molecular flexibility index (Phi) is 8.44. The Labute approximate surface area is 161 Å². The van der Waals surface area contributed by atoms with E-state index >= 15 is 0 Å². The van der Waals surface area contributed by atoms with Crippen LogP contribution in [0, 0.1) is 5.82 Å². The lowest BCUT2D eigenvalue weighted by Crippen LogP contribution is -2.36. The van der Waals surface area contributed by atoms with E-state index in [2.05, 4.69) is 11.4 Å². The average molecular weight is 397 g/mol. The molecule has 0 aromatic heterocycles. The van der Waals surface area contributed by atoms with Crippen LogP contribution < -0.4 is 5.32 Å². The summed E-state index contributed by atoms with van der Waals surface area (Å²) in [6.45, 7) is 0.899. The SMILES string of the molecule is CS(=O)(=O)N(CCC(=O)NCCc1ccccc1F)CCC1=CCCCC1. The fourth-order valence-corrected chi connectivity index (χ4v) is 4.04. The summed E-state index contributed by atoms with van der Waals surface area (Å²) in [5.74, 6) is -0.510. The third kappa shape index (κ3) is 7.81. The largest absolute Gasteiger partial charge is 0.356 e. The number of carbonyl (C=O) groups is 1. The number of benzene rings is 1. The van der Waals surface area contributed by atoms with Crippen LogP contribution in [0.1, 0.15) is 44.1 Å². The molecule has 0 aliphatic heterocycles. The Hall–Kier alpha value is -1.73. The van der Waals surface area contributed by atoms with Gasteiger partial charge in [-0.25, -0.2) is 17.1 Å². The van der Waals surface area contributed by atoms with Crippen molar-refractivity contribution in [2.45, 2.75) is 44.9 Å². The molecule has 0 unspecified atom stereocenters. The summed E-state index contributed by atoms with van der Waals surface area (Å²) < 4.78 is 38.9. The minimum absolute atomic E-state index is 0.101. The molecule has 0 saturated heterocycles. The Morgan fingerprint density at radius 2 is 1.96 bits per heavy atom. The maximum absolute atomic E-state index is 13.5. The van der Waals surface area contributed by atoms with Crippen LogP contribution in [-0.2, 0) is 21.2 Å². The van der Waals surface area contributed by atoms with E-state index < -0.39 is 10.0 Å². The van der Waals surface area contributed by atoms with Crippen molar-refractivity contribution in [3.63, 3.8) is 0 Å². The molecule has 150 valence electrons. The van der Waals surface area contributed by atoms with Crippen LogP contribution >= 0.6 is 0 Å². The molecule has 27 heavy (non-hydrogen) atoms. The zero-order valence-corrected chi connectivity index (χ0v) is 16.7. The van der Waals surface area contributed by atoms with Crippen molar-refractivity contribution in [1.29, 1.82) is 0 Å². The Morgan fingerprint density at radius 1 is 1.19 bits per heavy atom. The number of hydrogen-bond acceptors (Lipinski definition) is 3. The molecule has 0 saturated carbocycles. The van der Waals surface area contributed by atoms with Gasteiger partial charge in [-0.1, -0.05) is 29.8 Å². The molecule has 0 radical (unpaired) electrons. The molecule has 7 heteroatoms. The first kappa shape index (κ1) is 21.6. The number of hydrogen-bond donors (Lipinski definition) is 1. The highest BCUT2D eigenvalue weighted by Crippen LogP contribution is 2.20. The van der Waals surface area contributed by atoms with Crippen LogP contribution in [0.5, 0.6) is 0 Å². The predicted molar refractivity (Wildman–Crippen MR) is 105 cm³/mol. The van der Waals surface area contributed by atoms with Crippen molar-refractivity contribution in [2.24, 2.45) is 0 Å². The lowest BCUT2D eigenvalue weighted by Gasteiger charge is -2.21. The van der Waals surface area contributed by atoms with Crippen LogP contribution in [0.2, 0.25) is 0 Å². The quantitative estimate of drug-likeness (QED) is 0.618. The molecule has 5 nitrogen and oxygen atoms in total. The first-order chi connectivity index (χ1) is 12.9. The fraction of sp³-hybridized carbons (Fsp3) is 0.550. The van der Waals surface area contributed by atoms with E-state index in [1.807, 2.05) is 0 Å². The van der Waals surface area contributed by atoms with E-state index in [0.29, 0.717) is 25.1 Å². The minimum atomic E-state index is -3.35. The molecule has 1 N–H and O–H groups in total. The van der Waals surface area contributed by atoms with Crippen LogP contribution in [0.3, 0.4) is 0 Å². The number of rotatable bonds is 10. The van der Waals surface area contributed by atoms with Crippen molar-refractivity contribution in [2.75, 3.05) is 25.9 Å². The summed E-state index contributed by atoms with van der Waals surface area (Å²) in [5, 5.41) is 2.73. The number of amides is 1. The second kappa shape index (κ2) is 10.6. The first-order valence-electron chi connectivity index (χ1n) is 9.49. The molecule has 1 aliphatic carbocycles. The minimum Gasteiger partial charge on any atom is -0.356 e. The van der Waals surface area contributed by atoms with Gasteiger partial charge in [-0.2, -0.15) is 0 Å². The normalized spacial score (nSPS) is 14.9. The smallest absolute Gasteiger partial charge is 0.221 e. The maximum Gasteiger partial charge on any atom is 0.221 e. The van der Waals surface area contributed by atoms with Crippen molar-refractivity contribution >= 4 is 15.9 Å². The first-order valence-corrected chi connectivity index (χ1v) is 11.3. The number of halogens is 1. The number of nitrogens with one attached hydrogen (secondary N) is 1. The molecule has 1 aliphatic rings. The van der Waals surface area contributed by atoms with Gasteiger partial charge in [0, 0.05) is 26.1 Å². The molecule has 2 rings (SSSR count). The summed E-state index contributed by atoms with van der Waals surface area (Å²) in [4.78, 5) is 12.0. The Morgan fingerprint density at radius 3 is 2.63 bits per heavy atom. The van der Waals surface area contributed by atoms with Gasteiger partial charge >= 0.3 is 0 Å². The molecular formula is C20H29FN2O3S. The topological polar surface area (TPSA) is 66.5 Å². The van der Waals surface area contributed by atoms with Gasteiger partial charge in [0.2, 0.25) is 15.9 Å². The standard InChI is InChI=1S/C20H29FN2O3S/c1-27(25,26)23(15-12-17-7-3-2-4-8-17)16-13-20(24)22-14-11-18-9-5-6-10-19(18)21/h5-7,9-10H,2-4,8,11-16H2,1H3,(H,22,24). The second-order valence-corrected chi connectivity index (χ2v) is 8.94. The van der Waals surface area contributed by atoms with Crippen LogP contribution in [0.25, 0.3) is 0 Å². The van der Waals surface area contributed by atoms with E-state index in [4.69, 9.17) is 0 Å².